The molecule has 0 radical (unpaired) electrons. The summed E-state index contributed by atoms with van der Waals surface area (Å²) >= 11 is 5.99. The number of benzene rings is 3. The fraction of sp³-hybridized carbons (Fsp3) is 0. The molecule has 0 spiro atoms. The summed E-state index contributed by atoms with van der Waals surface area (Å²) in [6.45, 7) is 0. The van der Waals surface area contributed by atoms with E-state index >= 15 is 0 Å². The zero-order valence-electron chi connectivity index (χ0n) is 14.5. The number of nitrogens with one attached hydrogen (secondary N) is 1. The number of carbonyl (C=O) groups is 2. The van der Waals surface area contributed by atoms with E-state index in [1.165, 1.54) is 12.1 Å². The van der Waals surface area contributed by atoms with E-state index in [4.69, 9.17) is 21.4 Å². The lowest BCUT2D eigenvalue weighted by Crippen LogP contribution is -2.08. The van der Waals surface area contributed by atoms with Gasteiger partial charge >= 0.3 is 11.9 Å². The number of halogens is 1. The third-order valence-electron chi connectivity index (χ3n) is 3.72. The largest absolute Gasteiger partial charge is 0.478 e. The summed E-state index contributed by atoms with van der Waals surface area (Å²) in [5, 5.41) is 13.3. The van der Waals surface area contributed by atoms with Crippen molar-refractivity contribution in [3.63, 3.8) is 0 Å². The number of anilines is 1. The molecule has 0 saturated carbocycles. The highest BCUT2D eigenvalue weighted by molar-refractivity contribution is 6.33. The second-order valence-corrected chi connectivity index (χ2v) is 6.10. The summed E-state index contributed by atoms with van der Waals surface area (Å²) in [5.41, 5.74) is 4.76. The van der Waals surface area contributed by atoms with Crippen LogP contribution < -0.4 is 10.2 Å². The average Bonchev–Trinajstić information content (AvgIpc) is 2.70. The molecular weight excluding hydrogens is 380 g/mol. The van der Waals surface area contributed by atoms with Gasteiger partial charge in [-0.1, -0.05) is 23.7 Å². The van der Waals surface area contributed by atoms with Crippen LogP contribution in [-0.2, 0) is 0 Å². The van der Waals surface area contributed by atoms with Gasteiger partial charge in [-0.15, -0.1) is 0 Å². The zero-order valence-corrected chi connectivity index (χ0v) is 15.3. The summed E-state index contributed by atoms with van der Waals surface area (Å²) in [5.74, 6) is -1.12. The Morgan fingerprint density at radius 2 is 1.64 bits per heavy atom. The summed E-state index contributed by atoms with van der Waals surface area (Å²) < 4.78 is 5.31. The van der Waals surface area contributed by atoms with E-state index in [2.05, 4.69) is 10.5 Å². The number of ether oxygens (including phenoxy) is 1. The van der Waals surface area contributed by atoms with Gasteiger partial charge in [-0.2, -0.15) is 5.10 Å². The first-order valence-corrected chi connectivity index (χ1v) is 8.60. The number of nitrogens with zero attached hydrogens (tertiary/aromatic N) is 1. The molecule has 0 bridgehead atoms. The highest BCUT2D eigenvalue weighted by Crippen LogP contribution is 2.19. The number of hydrazone groups is 1. The number of rotatable bonds is 6. The number of esters is 1. The van der Waals surface area contributed by atoms with Crippen molar-refractivity contribution < 1.29 is 19.4 Å². The number of carboxylic acid groups (broad SMARTS) is 1. The average molecular weight is 395 g/mol. The molecule has 3 aromatic rings. The fourth-order valence-electron chi connectivity index (χ4n) is 2.28. The van der Waals surface area contributed by atoms with Crippen LogP contribution in [0.1, 0.15) is 26.3 Å². The van der Waals surface area contributed by atoms with Crippen LogP contribution in [0, 0.1) is 0 Å². The second-order valence-electron chi connectivity index (χ2n) is 5.69. The Kier molecular flexibility index (Phi) is 6.04. The van der Waals surface area contributed by atoms with E-state index in [1.807, 2.05) is 0 Å². The quantitative estimate of drug-likeness (QED) is 0.274. The van der Waals surface area contributed by atoms with Crippen molar-refractivity contribution in [3.8, 4) is 5.75 Å². The highest BCUT2D eigenvalue weighted by atomic mass is 35.5. The molecule has 0 aliphatic heterocycles. The standard InChI is InChI=1S/C21H15ClN2O4/c22-19-4-2-1-3-18(19)21(27)28-17-11-5-14(6-12-17)13-23-24-16-9-7-15(8-10-16)20(25)26/h1-13,24H,(H,25,26)/b23-13+. The summed E-state index contributed by atoms with van der Waals surface area (Å²) in [6.07, 6.45) is 1.59. The Labute approximate surface area is 166 Å². The van der Waals surface area contributed by atoms with Crippen molar-refractivity contribution in [1.82, 2.24) is 0 Å². The van der Waals surface area contributed by atoms with Crippen molar-refractivity contribution >= 4 is 35.4 Å². The normalized spacial score (nSPS) is 10.6. The maximum atomic E-state index is 12.1. The zero-order chi connectivity index (χ0) is 19.9. The van der Waals surface area contributed by atoms with E-state index in [9.17, 15) is 9.59 Å². The Balaban J connectivity index is 1.58. The van der Waals surface area contributed by atoms with Gasteiger partial charge in [0.15, 0.2) is 0 Å². The topological polar surface area (TPSA) is 88.0 Å². The van der Waals surface area contributed by atoms with Crippen LogP contribution in [0.4, 0.5) is 5.69 Å². The lowest BCUT2D eigenvalue weighted by molar-refractivity contribution is 0.0694. The van der Waals surface area contributed by atoms with Gasteiger partial charge in [0.25, 0.3) is 0 Å². The van der Waals surface area contributed by atoms with Gasteiger partial charge in [-0.3, -0.25) is 5.43 Å². The number of hydrogen-bond acceptors (Lipinski definition) is 5. The molecule has 140 valence electrons. The molecular formula is C21H15ClN2O4. The fourth-order valence-corrected chi connectivity index (χ4v) is 2.49. The molecule has 0 fully saturated rings. The minimum Gasteiger partial charge on any atom is -0.478 e. The summed E-state index contributed by atoms with van der Waals surface area (Å²) in [4.78, 5) is 23.0. The van der Waals surface area contributed by atoms with Crippen LogP contribution in [0.2, 0.25) is 5.02 Å². The van der Waals surface area contributed by atoms with Crippen LogP contribution in [0.15, 0.2) is 77.9 Å². The SMILES string of the molecule is O=C(O)c1ccc(N/N=C/c2ccc(OC(=O)c3ccccc3Cl)cc2)cc1. The van der Waals surface area contributed by atoms with Crippen molar-refractivity contribution in [2.45, 2.75) is 0 Å². The van der Waals surface area contributed by atoms with E-state index in [0.717, 1.165) is 5.56 Å². The molecule has 0 aromatic heterocycles. The molecule has 6 nitrogen and oxygen atoms in total. The Bertz CT molecular complexity index is 1020. The number of hydrogen-bond donors (Lipinski definition) is 2. The van der Waals surface area contributed by atoms with E-state index in [-0.39, 0.29) is 5.56 Å². The lowest BCUT2D eigenvalue weighted by Gasteiger charge is -2.06. The van der Waals surface area contributed by atoms with E-state index < -0.39 is 11.9 Å². The minimum absolute atomic E-state index is 0.205. The Hall–Kier alpha value is -3.64. The van der Waals surface area contributed by atoms with Gasteiger partial charge in [-0.05, 0) is 66.2 Å². The molecule has 0 heterocycles. The third-order valence-corrected chi connectivity index (χ3v) is 4.05. The molecule has 3 rings (SSSR count). The molecule has 0 aliphatic rings. The number of aromatic carboxylic acids is 1. The number of carboxylic acids is 1. The smallest absolute Gasteiger partial charge is 0.345 e. The Morgan fingerprint density at radius 1 is 0.964 bits per heavy atom. The van der Waals surface area contributed by atoms with Crippen LogP contribution in [-0.4, -0.2) is 23.3 Å². The minimum atomic E-state index is -0.981. The van der Waals surface area contributed by atoms with Gasteiger partial charge in [0, 0.05) is 0 Å². The highest BCUT2D eigenvalue weighted by Gasteiger charge is 2.11. The molecule has 3 aromatic carbocycles. The first-order chi connectivity index (χ1) is 13.5. The van der Waals surface area contributed by atoms with Crippen LogP contribution >= 0.6 is 11.6 Å². The molecule has 0 unspecified atom stereocenters. The molecule has 0 amide bonds. The predicted octanol–water partition coefficient (Wildman–Crippen LogP) is 4.70. The molecule has 0 saturated heterocycles. The predicted molar refractivity (Wildman–Crippen MR) is 107 cm³/mol. The third kappa shape index (κ3) is 4.96. The maximum Gasteiger partial charge on any atom is 0.345 e. The molecule has 7 heteroatoms. The van der Waals surface area contributed by atoms with Gasteiger partial charge in [0.05, 0.1) is 28.1 Å². The van der Waals surface area contributed by atoms with Crippen LogP contribution in [0.25, 0.3) is 0 Å². The Morgan fingerprint density at radius 3 is 2.29 bits per heavy atom. The van der Waals surface area contributed by atoms with Gasteiger partial charge in [0.1, 0.15) is 5.75 Å². The first kappa shape index (κ1) is 19.1. The van der Waals surface area contributed by atoms with E-state index in [1.54, 1.807) is 66.9 Å². The molecule has 0 atom stereocenters. The van der Waals surface area contributed by atoms with Crippen molar-refractivity contribution in [3.05, 3.63) is 94.5 Å². The molecule has 2 N–H and O–H groups in total. The van der Waals surface area contributed by atoms with Crippen molar-refractivity contribution in [2.75, 3.05) is 5.43 Å². The number of carbonyl (C=O) groups excluding carboxylic acids is 1. The molecule has 0 aliphatic carbocycles. The lowest BCUT2D eigenvalue weighted by atomic mass is 10.2. The van der Waals surface area contributed by atoms with Crippen molar-refractivity contribution in [1.29, 1.82) is 0 Å². The van der Waals surface area contributed by atoms with Crippen LogP contribution in [0.3, 0.4) is 0 Å². The first-order valence-electron chi connectivity index (χ1n) is 8.22. The van der Waals surface area contributed by atoms with Gasteiger partial charge < -0.3 is 9.84 Å². The van der Waals surface area contributed by atoms with Crippen LogP contribution in [0.5, 0.6) is 5.75 Å². The summed E-state index contributed by atoms with van der Waals surface area (Å²) in [7, 11) is 0. The molecule has 28 heavy (non-hydrogen) atoms. The second kappa shape index (κ2) is 8.83. The van der Waals surface area contributed by atoms with Gasteiger partial charge in [0.2, 0.25) is 0 Å². The van der Waals surface area contributed by atoms with E-state index in [0.29, 0.717) is 22.0 Å². The maximum absolute atomic E-state index is 12.1. The summed E-state index contributed by atoms with van der Waals surface area (Å²) in [6, 6.07) is 19.7. The van der Waals surface area contributed by atoms with Gasteiger partial charge in [-0.25, -0.2) is 9.59 Å². The van der Waals surface area contributed by atoms with Crippen molar-refractivity contribution in [2.24, 2.45) is 5.10 Å². The monoisotopic (exact) mass is 394 g/mol.